The number of benzene rings is 1. The molecule has 7 heteroatoms. The second-order valence-electron chi connectivity index (χ2n) is 3.71. The SMILES string of the molecule is Cl.O=C(Nc1ccccn1)c1ccccc1C(F)(F)F. The van der Waals surface area contributed by atoms with Crippen molar-refractivity contribution in [3.63, 3.8) is 0 Å². The van der Waals surface area contributed by atoms with Crippen molar-refractivity contribution in [1.82, 2.24) is 4.98 Å². The molecule has 1 aromatic heterocycles. The minimum Gasteiger partial charge on any atom is -0.307 e. The number of amides is 1. The molecule has 106 valence electrons. The molecule has 0 saturated heterocycles. The van der Waals surface area contributed by atoms with Gasteiger partial charge < -0.3 is 5.32 Å². The zero-order valence-electron chi connectivity index (χ0n) is 10.0. The Labute approximate surface area is 119 Å². The summed E-state index contributed by atoms with van der Waals surface area (Å²) in [6.07, 6.45) is -3.14. The van der Waals surface area contributed by atoms with Crippen LogP contribution in [0.4, 0.5) is 19.0 Å². The fourth-order valence-corrected chi connectivity index (χ4v) is 1.55. The molecule has 0 spiro atoms. The monoisotopic (exact) mass is 302 g/mol. The molecule has 2 rings (SSSR count). The van der Waals surface area contributed by atoms with E-state index < -0.39 is 23.2 Å². The van der Waals surface area contributed by atoms with Crippen molar-refractivity contribution in [1.29, 1.82) is 0 Å². The molecule has 0 radical (unpaired) electrons. The van der Waals surface area contributed by atoms with Crippen LogP contribution in [-0.4, -0.2) is 10.9 Å². The molecule has 1 aromatic carbocycles. The Bertz CT molecular complexity index is 588. The van der Waals surface area contributed by atoms with Crippen molar-refractivity contribution in [2.24, 2.45) is 0 Å². The van der Waals surface area contributed by atoms with Crippen LogP contribution in [0.5, 0.6) is 0 Å². The molecule has 1 N–H and O–H groups in total. The largest absolute Gasteiger partial charge is 0.417 e. The first-order chi connectivity index (χ1) is 8.98. The molecule has 0 fully saturated rings. The molecule has 0 atom stereocenters. The first-order valence-corrected chi connectivity index (χ1v) is 5.37. The fourth-order valence-electron chi connectivity index (χ4n) is 1.55. The molecule has 0 bridgehead atoms. The molecule has 3 nitrogen and oxygen atoms in total. The van der Waals surface area contributed by atoms with Crippen LogP contribution in [0, 0.1) is 0 Å². The van der Waals surface area contributed by atoms with E-state index in [4.69, 9.17) is 0 Å². The molecule has 0 saturated carbocycles. The lowest BCUT2D eigenvalue weighted by atomic mass is 10.1. The van der Waals surface area contributed by atoms with E-state index in [1.807, 2.05) is 0 Å². The number of carbonyl (C=O) groups excluding carboxylic acids is 1. The number of rotatable bonds is 2. The molecular formula is C13H10ClF3N2O. The molecule has 0 aliphatic heterocycles. The van der Waals surface area contributed by atoms with Crippen LogP contribution in [0.2, 0.25) is 0 Å². The summed E-state index contributed by atoms with van der Waals surface area (Å²) in [7, 11) is 0. The molecule has 1 amide bonds. The van der Waals surface area contributed by atoms with Crippen LogP contribution >= 0.6 is 12.4 Å². The van der Waals surface area contributed by atoms with Gasteiger partial charge in [0.25, 0.3) is 5.91 Å². The first kappa shape index (κ1) is 16.0. The fraction of sp³-hybridized carbons (Fsp3) is 0.0769. The number of halogens is 4. The summed E-state index contributed by atoms with van der Waals surface area (Å²) in [5.74, 6) is -0.642. The van der Waals surface area contributed by atoms with Gasteiger partial charge in [0.2, 0.25) is 0 Å². The normalized spacial score (nSPS) is 10.6. The third-order valence-electron chi connectivity index (χ3n) is 2.38. The van der Waals surface area contributed by atoms with Gasteiger partial charge >= 0.3 is 6.18 Å². The van der Waals surface area contributed by atoms with E-state index in [1.165, 1.54) is 24.4 Å². The highest BCUT2D eigenvalue weighted by Gasteiger charge is 2.34. The van der Waals surface area contributed by atoms with Crippen molar-refractivity contribution >= 4 is 24.1 Å². The van der Waals surface area contributed by atoms with Crippen LogP contribution in [-0.2, 0) is 6.18 Å². The van der Waals surface area contributed by atoms with Gasteiger partial charge in [-0.2, -0.15) is 13.2 Å². The Morgan fingerprint density at radius 1 is 1.05 bits per heavy atom. The van der Waals surface area contributed by atoms with E-state index in [9.17, 15) is 18.0 Å². The smallest absolute Gasteiger partial charge is 0.307 e. The van der Waals surface area contributed by atoms with E-state index in [0.717, 1.165) is 12.1 Å². The number of hydrogen-bond donors (Lipinski definition) is 1. The summed E-state index contributed by atoms with van der Waals surface area (Å²) in [6, 6.07) is 9.36. The Kier molecular flexibility index (Phi) is 5.10. The predicted octanol–water partition coefficient (Wildman–Crippen LogP) is 3.77. The summed E-state index contributed by atoms with van der Waals surface area (Å²) in [5.41, 5.74) is -1.40. The maximum Gasteiger partial charge on any atom is 0.417 e. The number of carbonyl (C=O) groups is 1. The van der Waals surface area contributed by atoms with E-state index in [0.29, 0.717) is 0 Å². The van der Waals surface area contributed by atoms with Gasteiger partial charge in [-0.25, -0.2) is 4.98 Å². The number of nitrogens with zero attached hydrogens (tertiary/aromatic N) is 1. The van der Waals surface area contributed by atoms with E-state index in [-0.39, 0.29) is 18.2 Å². The van der Waals surface area contributed by atoms with E-state index in [2.05, 4.69) is 10.3 Å². The highest BCUT2D eigenvalue weighted by atomic mass is 35.5. The zero-order valence-corrected chi connectivity index (χ0v) is 10.8. The maximum absolute atomic E-state index is 12.8. The van der Waals surface area contributed by atoms with Gasteiger partial charge in [-0.1, -0.05) is 18.2 Å². The van der Waals surface area contributed by atoms with Crippen LogP contribution in [0.1, 0.15) is 15.9 Å². The van der Waals surface area contributed by atoms with Crippen molar-refractivity contribution in [2.75, 3.05) is 5.32 Å². The topological polar surface area (TPSA) is 42.0 Å². The van der Waals surface area contributed by atoms with Crippen LogP contribution < -0.4 is 5.32 Å². The quantitative estimate of drug-likeness (QED) is 0.917. The Morgan fingerprint density at radius 2 is 1.70 bits per heavy atom. The highest BCUT2D eigenvalue weighted by Crippen LogP contribution is 2.32. The van der Waals surface area contributed by atoms with Crippen LogP contribution in [0.3, 0.4) is 0 Å². The lowest BCUT2D eigenvalue weighted by molar-refractivity contribution is -0.137. The Balaban J connectivity index is 0.00000200. The molecule has 1 heterocycles. The number of alkyl halides is 3. The average Bonchev–Trinajstić information content (AvgIpc) is 2.39. The van der Waals surface area contributed by atoms with Gasteiger partial charge in [0.1, 0.15) is 5.82 Å². The summed E-state index contributed by atoms with van der Waals surface area (Å²) < 4.78 is 38.3. The van der Waals surface area contributed by atoms with Crippen molar-refractivity contribution in [3.8, 4) is 0 Å². The third-order valence-corrected chi connectivity index (χ3v) is 2.38. The lowest BCUT2D eigenvalue weighted by Gasteiger charge is -2.12. The van der Waals surface area contributed by atoms with Crippen molar-refractivity contribution in [3.05, 3.63) is 59.8 Å². The number of hydrogen-bond acceptors (Lipinski definition) is 2. The second kappa shape index (κ2) is 6.38. The molecule has 2 aromatic rings. The Hall–Kier alpha value is -2.08. The maximum atomic E-state index is 12.8. The number of nitrogens with one attached hydrogen (secondary N) is 1. The lowest BCUT2D eigenvalue weighted by Crippen LogP contribution is -2.19. The van der Waals surface area contributed by atoms with Gasteiger partial charge in [0.05, 0.1) is 11.1 Å². The van der Waals surface area contributed by atoms with Gasteiger partial charge in [-0.05, 0) is 24.3 Å². The first-order valence-electron chi connectivity index (χ1n) is 5.37. The molecule has 0 aliphatic carbocycles. The second-order valence-corrected chi connectivity index (χ2v) is 3.71. The minimum atomic E-state index is -4.57. The summed E-state index contributed by atoms with van der Waals surface area (Å²) in [5, 5.41) is 2.32. The Morgan fingerprint density at radius 3 is 2.30 bits per heavy atom. The minimum absolute atomic E-state index is 0. The molecule has 0 unspecified atom stereocenters. The third kappa shape index (κ3) is 3.71. The van der Waals surface area contributed by atoms with Crippen LogP contribution in [0.25, 0.3) is 0 Å². The number of anilines is 1. The number of aromatic nitrogens is 1. The summed E-state index contributed by atoms with van der Waals surface area (Å²) in [6.45, 7) is 0. The molecule has 0 aliphatic rings. The van der Waals surface area contributed by atoms with Crippen molar-refractivity contribution in [2.45, 2.75) is 6.18 Å². The molecule has 20 heavy (non-hydrogen) atoms. The van der Waals surface area contributed by atoms with E-state index in [1.54, 1.807) is 12.1 Å². The zero-order chi connectivity index (χ0) is 13.9. The van der Waals surface area contributed by atoms with Gasteiger partial charge in [-0.3, -0.25) is 4.79 Å². The van der Waals surface area contributed by atoms with Gasteiger partial charge in [-0.15, -0.1) is 12.4 Å². The van der Waals surface area contributed by atoms with Gasteiger partial charge in [0, 0.05) is 6.20 Å². The van der Waals surface area contributed by atoms with E-state index >= 15 is 0 Å². The van der Waals surface area contributed by atoms with Crippen molar-refractivity contribution < 1.29 is 18.0 Å². The summed E-state index contributed by atoms with van der Waals surface area (Å²) >= 11 is 0. The van der Waals surface area contributed by atoms with Crippen LogP contribution in [0.15, 0.2) is 48.7 Å². The number of pyridine rings is 1. The predicted molar refractivity (Wildman–Crippen MR) is 70.9 cm³/mol. The average molecular weight is 303 g/mol. The molecular weight excluding hydrogens is 293 g/mol. The summed E-state index contributed by atoms with van der Waals surface area (Å²) in [4.78, 5) is 15.7. The van der Waals surface area contributed by atoms with Gasteiger partial charge in [0.15, 0.2) is 0 Å². The highest BCUT2D eigenvalue weighted by molar-refractivity contribution is 6.04. The standard InChI is InChI=1S/C13H9F3N2O.ClH/c14-13(15,16)10-6-2-1-5-9(10)12(19)18-11-7-3-4-8-17-11;/h1-8H,(H,17,18,19);1H.